The number of nitrogens with zero attached hydrogens (tertiary/aromatic N) is 2. The van der Waals surface area contributed by atoms with Crippen molar-refractivity contribution in [2.75, 3.05) is 5.73 Å². The Balaban J connectivity index is 1.93. The zero-order valence-corrected chi connectivity index (χ0v) is 11.4. The van der Waals surface area contributed by atoms with Crippen molar-refractivity contribution in [2.24, 2.45) is 0 Å². The minimum absolute atomic E-state index is 0.508. The number of anilines is 1. The standard InChI is InChI=1S/C16H17N3O/c1-2-19-12(11-20-13-5-4-8-18-10-13)9-14-15(17)6-3-7-16(14)19/h3-10H,2,11,17H2,1H3. The van der Waals surface area contributed by atoms with E-state index in [1.165, 1.54) is 0 Å². The lowest BCUT2D eigenvalue weighted by Crippen LogP contribution is -2.04. The zero-order chi connectivity index (χ0) is 13.9. The fourth-order valence-electron chi connectivity index (χ4n) is 2.45. The molecule has 4 heteroatoms. The molecular formula is C16H17N3O. The van der Waals surface area contributed by atoms with Gasteiger partial charge in [0.1, 0.15) is 12.4 Å². The number of nitrogens with two attached hydrogens (primary N) is 1. The van der Waals surface area contributed by atoms with Gasteiger partial charge in [-0.2, -0.15) is 0 Å². The van der Waals surface area contributed by atoms with E-state index in [1.807, 2.05) is 24.3 Å². The first-order chi connectivity index (χ1) is 9.79. The molecule has 0 amide bonds. The molecule has 3 rings (SSSR count). The first-order valence-electron chi connectivity index (χ1n) is 6.69. The molecule has 2 N–H and O–H groups in total. The molecule has 0 fully saturated rings. The van der Waals surface area contributed by atoms with Crippen LogP contribution in [0.3, 0.4) is 0 Å². The highest BCUT2D eigenvalue weighted by atomic mass is 16.5. The smallest absolute Gasteiger partial charge is 0.138 e. The van der Waals surface area contributed by atoms with Gasteiger partial charge in [-0.25, -0.2) is 0 Å². The molecule has 0 saturated carbocycles. The maximum Gasteiger partial charge on any atom is 0.138 e. The van der Waals surface area contributed by atoms with Gasteiger partial charge in [-0.1, -0.05) is 6.07 Å². The van der Waals surface area contributed by atoms with Crippen LogP contribution >= 0.6 is 0 Å². The van der Waals surface area contributed by atoms with Crippen LogP contribution in [0.25, 0.3) is 10.9 Å². The van der Waals surface area contributed by atoms with Crippen molar-refractivity contribution in [3.63, 3.8) is 0 Å². The van der Waals surface area contributed by atoms with Crippen molar-refractivity contribution in [1.29, 1.82) is 0 Å². The van der Waals surface area contributed by atoms with E-state index in [2.05, 4.69) is 28.6 Å². The third-order valence-corrected chi connectivity index (χ3v) is 3.40. The summed E-state index contributed by atoms with van der Waals surface area (Å²) < 4.78 is 8.00. The summed E-state index contributed by atoms with van der Waals surface area (Å²) in [4.78, 5) is 4.04. The maximum absolute atomic E-state index is 6.04. The Bertz CT molecular complexity index is 719. The summed E-state index contributed by atoms with van der Waals surface area (Å²) in [6.07, 6.45) is 3.45. The Morgan fingerprint density at radius 1 is 1.25 bits per heavy atom. The minimum Gasteiger partial charge on any atom is -0.486 e. The van der Waals surface area contributed by atoms with Crippen LogP contribution in [-0.4, -0.2) is 9.55 Å². The summed E-state index contributed by atoms with van der Waals surface area (Å²) in [5.41, 5.74) is 9.10. The number of benzene rings is 1. The predicted molar refractivity (Wildman–Crippen MR) is 80.6 cm³/mol. The average Bonchev–Trinajstić information content (AvgIpc) is 2.85. The van der Waals surface area contributed by atoms with Crippen molar-refractivity contribution in [2.45, 2.75) is 20.1 Å². The zero-order valence-electron chi connectivity index (χ0n) is 11.4. The molecule has 0 unspecified atom stereocenters. The number of pyridine rings is 1. The van der Waals surface area contributed by atoms with Crippen molar-refractivity contribution < 1.29 is 4.74 Å². The highest BCUT2D eigenvalue weighted by Gasteiger charge is 2.09. The Kier molecular flexibility index (Phi) is 3.29. The quantitative estimate of drug-likeness (QED) is 0.738. The predicted octanol–water partition coefficient (Wildman–Crippen LogP) is 3.22. The molecule has 0 aliphatic rings. The van der Waals surface area contributed by atoms with Crippen molar-refractivity contribution >= 4 is 16.6 Å². The molecule has 0 bridgehead atoms. The number of ether oxygens (including phenoxy) is 1. The number of hydrogen-bond acceptors (Lipinski definition) is 3. The summed E-state index contributed by atoms with van der Waals surface area (Å²) in [5.74, 6) is 0.772. The van der Waals surface area contributed by atoms with Crippen LogP contribution in [0.4, 0.5) is 5.69 Å². The fraction of sp³-hybridized carbons (Fsp3) is 0.188. The Hall–Kier alpha value is -2.49. The van der Waals surface area contributed by atoms with Crippen LogP contribution in [0.1, 0.15) is 12.6 Å². The molecule has 4 nitrogen and oxygen atoms in total. The van der Waals surface area contributed by atoms with E-state index >= 15 is 0 Å². The van der Waals surface area contributed by atoms with Gasteiger partial charge in [0.25, 0.3) is 0 Å². The summed E-state index contributed by atoms with van der Waals surface area (Å²) >= 11 is 0. The summed E-state index contributed by atoms with van der Waals surface area (Å²) in [5, 5.41) is 1.08. The number of aromatic nitrogens is 2. The normalized spacial score (nSPS) is 10.8. The molecule has 2 heterocycles. The molecule has 0 spiro atoms. The summed E-state index contributed by atoms with van der Waals surface area (Å²) in [6, 6.07) is 11.9. The Morgan fingerprint density at radius 3 is 2.90 bits per heavy atom. The van der Waals surface area contributed by atoms with Crippen molar-refractivity contribution in [1.82, 2.24) is 9.55 Å². The van der Waals surface area contributed by atoms with Crippen molar-refractivity contribution in [3.8, 4) is 5.75 Å². The van der Waals surface area contributed by atoms with Gasteiger partial charge in [-0.05, 0) is 37.3 Å². The van der Waals surface area contributed by atoms with E-state index in [9.17, 15) is 0 Å². The largest absolute Gasteiger partial charge is 0.486 e. The van der Waals surface area contributed by atoms with Gasteiger partial charge in [-0.3, -0.25) is 4.98 Å². The number of rotatable bonds is 4. The van der Waals surface area contributed by atoms with Crippen LogP contribution in [0, 0.1) is 0 Å². The first kappa shape index (κ1) is 12.5. The van der Waals surface area contributed by atoms with Crippen LogP contribution in [0.15, 0.2) is 48.8 Å². The molecule has 0 aliphatic heterocycles. The van der Waals surface area contributed by atoms with E-state index < -0.39 is 0 Å². The number of nitrogen functional groups attached to an aromatic ring is 1. The van der Waals surface area contributed by atoms with Crippen LogP contribution in [0.2, 0.25) is 0 Å². The van der Waals surface area contributed by atoms with Crippen LogP contribution in [-0.2, 0) is 13.2 Å². The van der Waals surface area contributed by atoms with Gasteiger partial charge >= 0.3 is 0 Å². The van der Waals surface area contributed by atoms with Gasteiger partial charge in [0, 0.05) is 23.8 Å². The topological polar surface area (TPSA) is 53.1 Å². The van der Waals surface area contributed by atoms with E-state index in [0.29, 0.717) is 6.61 Å². The average molecular weight is 267 g/mol. The maximum atomic E-state index is 6.04. The number of hydrogen-bond donors (Lipinski definition) is 1. The van der Waals surface area contributed by atoms with Gasteiger partial charge in [0.15, 0.2) is 0 Å². The Labute approximate surface area is 117 Å². The van der Waals surface area contributed by atoms with Gasteiger partial charge in [-0.15, -0.1) is 0 Å². The monoisotopic (exact) mass is 267 g/mol. The summed E-state index contributed by atoms with van der Waals surface area (Å²) in [7, 11) is 0. The Morgan fingerprint density at radius 2 is 2.15 bits per heavy atom. The SMILES string of the molecule is CCn1c(COc2cccnc2)cc2c(N)cccc21. The molecule has 20 heavy (non-hydrogen) atoms. The highest BCUT2D eigenvalue weighted by molar-refractivity contribution is 5.92. The molecule has 3 aromatic rings. The van der Waals surface area contributed by atoms with Gasteiger partial charge < -0.3 is 15.0 Å². The number of fused-ring (bicyclic) bond motifs is 1. The molecule has 0 radical (unpaired) electrons. The lowest BCUT2D eigenvalue weighted by atomic mass is 10.2. The lowest BCUT2D eigenvalue weighted by Gasteiger charge is -2.09. The third-order valence-electron chi connectivity index (χ3n) is 3.40. The molecule has 2 aromatic heterocycles. The molecular weight excluding hydrogens is 250 g/mol. The third kappa shape index (κ3) is 2.20. The van der Waals surface area contributed by atoms with E-state index in [1.54, 1.807) is 12.4 Å². The fourth-order valence-corrected chi connectivity index (χ4v) is 2.45. The number of aryl methyl sites for hydroxylation is 1. The molecule has 102 valence electrons. The summed E-state index contributed by atoms with van der Waals surface area (Å²) in [6.45, 7) is 3.52. The minimum atomic E-state index is 0.508. The van der Waals surface area contributed by atoms with Gasteiger partial charge in [0.05, 0.1) is 17.4 Å². The van der Waals surface area contributed by atoms with E-state index in [-0.39, 0.29) is 0 Å². The van der Waals surface area contributed by atoms with E-state index in [0.717, 1.165) is 34.6 Å². The van der Waals surface area contributed by atoms with Crippen LogP contribution < -0.4 is 10.5 Å². The molecule has 1 aromatic carbocycles. The molecule has 0 atom stereocenters. The first-order valence-corrected chi connectivity index (χ1v) is 6.69. The molecule has 0 aliphatic carbocycles. The second-order valence-electron chi connectivity index (χ2n) is 4.64. The second kappa shape index (κ2) is 5.25. The van der Waals surface area contributed by atoms with Crippen LogP contribution in [0.5, 0.6) is 5.75 Å². The van der Waals surface area contributed by atoms with E-state index in [4.69, 9.17) is 10.5 Å². The lowest BCUT2D eigenvalue weighted by molar-refractivity contribution is 0.295. The highest BCUT2D eigenvalue weighted by Crippen LogP contribution is 2.26. The van der Waals surface area contributed by atoms with Gasteiger partial charge in [0.2, 0.25) is 0 Å². The second-order valence-corrected chi connectivity index (χ2v) is 4.64. The van der Waals surface area contributed by atoms with Crippen molar-refractivity contribution in [3.05, 3.63) is 54.5 Å². The molecule has 0 saturated heterocycles.